The van der Waals surface area contributed by atoms with Gasteiger partial charge in [0.15, 0.2) is 23.3 Å². The molecule has 0 aliphatic rings. The Morgan fingerprint density at radius 2 is 1.07 bits per heavy atom. The van der Waals surface area contributed by atoms with Crippen molar-refractivity contribution in [1.29, 1.82) is 0 Å². The maximum Gasteiger partial charge on any atom is 0.584 e. The minimum atomic E-state index is -4.58. The van der Waals surface area contributed by atoms with E-state index in [-0.39, 0.29) is 17.1 Å². The van der Waals surface area contributed by atoms with Crippen molar-refractivity contribution >= 4 is 7.82 Å². The Morgan fingerprint density at radius 3 is 1.57 bits per heavy atom. The van der Waals surface area contributed by atoms with Crippen molar-refractivity contribution in [3.63, 3.8) is 0 Å². The highest BCUT2D eigenvalue weighted by Crippen LogP contribution is 2.44. The highest BCUT2D eigenvalue weighted by Gasteiger charge is 2.28. The molecule has 1 atom stereocenters. The lowest BCUT2D eigenvalue weighted by molar-refractivity contribution is 0.291. The zero-order valence-electron chi connectivity index (χ0n) is 13.7. The first kappa shape index (κ1) is 19.9. The van der Waals surface area contributed by atoms with E-state index in [9.17, 15) is 31.4 Å². The molecule has 28 heavy (non-hydrogen) atoms. The number of phosphoric ester groups is 1. The molecule has 3 aromatic carbocycles. The molecule has 0 spiro atoms. The van der Waals surface area contributed by atoms with Gasteiger partial charge in [0.2, 0.25) is 5.82 Å². The topological polar surface area (TPSA) is 55.8 Å². The lowest BCUT2D eigenvalue weighted by Crippen LogP contribution is -2.04. The van der Waals surface area contributed by atoms with Crippen LogP contribution in [0.3, 0.4) is 0 Å². The molecule has 3 rings (SSSR count). The molecule has 0 aliphatic carbocycles. The zero-order valence-corrected chi connectivity index (χ0v) is 14.6. The van der Waals surface area contributed by atoms with Gasteiger partial charge in [0.1, 0.15) is 11.5 Å². The Labute approximate surface area is 155 Å². The van der Waals surface area contributed by atoms with Crippen molar-refractivity contribution in [2.75, 3.05) is 0 Å². The van der Waals surface area contributed by atoms with Crippen LogP contribution < -0.4 is 9.05 Å². The van der Waals surface area contributed by atoms with E-state index in [4.69, 9.17) is 9.05 Å². The third kappa shape index (κ3) is 4.00. The van der Waals surface area contributed by atoms with Crippen LogP contribution in [-0.2, 0) is 4.57 Å². The summed E-state index contributed by atoms with van der Waals surface area (Å²) >= 11 is 0. The summed E-state index contributed by atoms with van der Waals surface area (Å²) in [4.78, 5) is 9.75. The number of hydrogen-bond donors (Lipinski definition) is 1. The maximum atomic E-state index is 13.8. The molecule has 0 amide bonds. The second-order valence-corrected chi connectivity index (χ2v) is 6.74. The van der Waals surface area contributed by atoms with Crippen molar-refractivity contribution in [2.24, 2.45) is 0 Å². The number of rotatable bonds is 5. The standard InChI is InChI=1S/C18H10F5O4P/c19-14-13(15(20)17(22)18(23)16(14)21)10-6-8-12(9-7-10)27-28(24,25)26-11-4-2-1-3-5-11/h1-9H,(H,24,25). The molecular weight excluding hydrogens is 406 g/mol. The quantitative estimate of drug-likeness (QED) is 0.254. The maximum absolute atomic E-state index is 13.8. The lowest BCUT2D eigenvalue weighted by Gasteiger charge is -2.14. The Hall–Kier alpha value is -2.90. The van der Waals surface area contributed by atoms with E-state index >= 15 is 0 Å². The molecule has 1 unspecified atom stereocenters. The van der Waals surface area contributed by atoms with Crippen LogP contribution in [0.15, 0.2) is 54.6 Å². The second kappa shape index (κ2) is 7.61. The fraction of sp³-hybridized carbons (Fsp3) is 0. The molecule has 146 valence electrons. The molecular formula is C18H10F5O4P. The second-order valence-electron chi connectivity index (χ2n) is 5.43. The molecule has 0 heterocycles. The van der Waals surface area contributed by atoms with E-state index in [1.165, 1.54) is 12.1 Å². The predicted molar refractivity (Wildman–Crippen MR) is 89.2 cm³/mol. The molecule has 0 aromatic heterocycles. The van der Waals surface area contributed by atoms with Gasteiger partial charge in [-0.2, -0.15) is 0 Å². The third-order valence-corrected chi connectivity index (χ3v) is 4.42. The molecule has 1 N–H and O–H groups in total. The third-order valence-electron chi connectivity index (χ3n) is 3.54. The van der Waals surface area contributed by atoms with E-state index < -0.39 is 42.5 Å². The first-order valence-corrected chi connectivity index (χ1v) is 9.08. The van der Waals surface area contributed by atoms with E-state index in [2.05, 4.69) is 0 Å². The summed E-state index contributed by atoms with van der Waals surface area (Å²) in [5.74, 6) is -10.6. The van der Waals surface area contributed by atoms with Gasteiger partial charge in [0, 0.05) is 0 Å². The van der Waals surface area contributed by atoms with Gasteiger partial charge in [-0.25, -0.2) is 26.5 Å². The van der Waals surface area contributed by atoms with Crippen molar-refractivity contribution < 1.29 is 40.5 Å². The number of phosphoric acid groups is 1. The minimum absolute atomic E-state index is 0.0614. The van der Waals surface area contributed by atoms with Crippen molar-refractivity contribution in [3.8, 4) is 22.6 Å². The Bertz CT molecular complexity index is 1030. The normalized spacial score (nSPS) is 13.1. The van der Waals surface area contributed by atoms with Crippen molar-refractivity contribution in [3.05, 3.63) is 83.7 Å². The largest absolute Gasteiger partial charge is 0.584 e. The SMILES string of the molecule is O=P(O)(Oc1ccccc1)Oc1ccc(-c2c(F)c(F)c(F)c(F)c2F)cc1. The summed E-state index contributed by atoms with van der Waals surface area (Å²) in [5, 5.41) is 0. The van der Waals surface area contributed by atoms with Crippen LogP contribution in [0.5, 0.6) is 11.5 Å². The molecule has 10 heteroatoms. The molecule has 0 saturated heterocycles. The minimum Gasteiger partial charge on any atom is -0.395 e. The first-order valence-electron chi connectivity index (χ1n) is 7.58. The van der Waals surface area contributed by atoms with Gasteiger partial charge in [-0.15, -0.1) is 0 Å². The highest BCUT2D eigenvalue weighted by molar-refractivity contribution is 7.48. The van der Waals surface area contributed by atoms with E-state index in [1.54, 1.807) is 18.2 Å². The number of para-hydroxylation sites is 1. The Balaban J connectivity index is 1.86. The average molecular weight is 416 g/mol. The van der Waals surface area contributed by atoms with Gasteiger partial charge in [0.25, 0.3) is 0 Å². The highest BCUT2D eigenvalue weighted by atomic mass is 31.2. The van der Waals surface area contributed by atoms with Crippen LogP contribution >= 0.6 is 7.82 Å². The fourth-order valence-corrected chi connectivity index (χ4v) is 3.12. The Morgan fingerprint density at radius 1 is 0.643 bits per heavy atom. The van der Waals surface area contributed by atoms with Crippen LogP contribution in [0.25, 0.3) is 11.1 Å². The summed E-state index contributed by atoms with van der Waals surface area (Å²) in [6, 6.07) is 11.6. The van der Waals surface area contributed by atoms with Crippen molar-refractivity contribution in [2.45, 2.75) is 0 Å². The van der Waals surface area contributed by atoms with E-state index in [0.29, 0.717) is 0 Å². The zero-order chi connectivity index (χ0) is 20.5. The predicted octanol–water partition coefficient (Wildman–Crippen LogP) is 5.61. The van der Waals surface area contributed by atoms with Gasteiger partial charge in [0.05, 0.1) is 5.56 Å². The molecule has 4 nitrogen and oxygen atoms in total. The van der Waals surface area contributed by atoms with Crippen LogP contribution in [0.1, 0.15) is 0 Å². The van der Waals surface area contributed by atoms with Gasteiger partial charge >= 0.3 is 7.82 Å². The van der Waals surface area contributed by atoms with Crippen LogP contribution in [0, 0.1) is 29.1 Å². The molecule has 0 radical (unpaired) electrons. The lowest BCUT2D eigenvalue weighted by atomic mass is 10.0. The van der Waals surface area contributed by atoms with Crippen LogP contribution in [0.4, 0.5) is 22.0 Å². The first-order chi connectivity index (χ1) is 13.2. The van der Waals surface area contributed by atoms with Gasteiger partial charge < -0.3 is 9.05 Å². The van der Waals surface area contributed by atoms with Crippen molar-refractivity contribution in [1.82, 2.24) is 0 Å². The summed E-state index contributed by atoms with van der Waals surface area (Å²) in [7, 11) is -4.58. The summed E-state index contributed by atoms with van der Waals surface area (Å²) in [6.07, 6.45) is 0. The van der Waals surface area contributed by atoms with Gasteiger partial charge in [-0.3, -0.25) is 4.89 Å². The number of halogens is 5. The van der Waals surface area contributed by atoms with Gasteiger partial charge in [-0.1, -0.05) is 30.3 Å². The number of benzene rings is 3. The smallest absolute Gasteiger partial charge is 0.395 e. The number of hydrogen-bond acceptors (Lipinski definition) is 3. The van der Waals surface area contributed by atoms with Gasteiger partial charge in [-0.05, 0) is 29.8 Å². The fourth-order valence-electron chi connectivity index (χ4n) is 2.31. The molecule has 0 fully saturated rings. The molecule has 0 bridgehead atoms. The Kier molecular flexibility index (Phi) is 5.40. The average Bonchev–Trinajstić information content (AvgIpc) is 2.66. The monoisotopic (exact) mass is 416 g/mol. The summed E-state index contributed by atoms with van der Waals surface area (Å²) < 4.78 is 89.1. The summed E-state index contributed by atoms with van der Waals surface area (Å²) in [5.41, 5.74) is -1.48. The molecule has 0 aliphatic heterocycles. The summed E-state index contributed by atoms with van der Waals surface area (Å²) in [6.45, 7) is 0. The van der Waals surface area contributed by atoms with Crippen LogP contribution in [0.2, 0.25) is 0 Å². The molecule has 0 saturated carbocycles. The van der Waals surface area contributed by atoms with E-state index in [0.717, 1.165) is 24.3 Å². The van der Waals surface area contributed by atoms with Crippen LogP contribution in [-0.4, -0.2) is 4.89 Å². The molecule has 3 aromatic rings. The van der Waals surface area contributed by atoms with E-state index in [1.807, 2.05) is 0 Å².